The zero-order chi connectivity index (χ0) is 30.1. The number of hydrogen-bond donors (Lipinski definition) is 0. The Labute approximate surface area is 259 Å². The van der Waals surface area contributed by atoms with Gasteiger partial charge in [-0.3, -0.25) is 0 Å². The van der Waals surface area contributed by atoms with Crippen molar-refractivity contribution in [2.24, 2.45) is 0 Å². The lowest BCUT2D eigenvalue weighted by Crippen LogP contribution is -2.34. The highest BCUT2D eigenvalue weighted by Crippen LogP contribution is 2.51. The molecule has 0 saturated heterocycles. The number of allylic oxidation sites excluding steroid dienone is 1. The summed E-state index contributed by atoms with van der Waals surface area (Å²) in [7, 11) is 3.37. The van der Waals surface area contributed by atoms with Crippen molar-refractivity contribution in [3.05, 3.63) is 131 Å². The van der Waals surface area contributed by atoms with Gasteiger partial charge in [0.15, 0.2) is 5.60 Å². The van der Waals surface area contributed by atoms with E-state index in [0.29, 0.717) is 6.61 Å². The van der Waals surface area contributed by atoms with E-state index < -0.39 is 5.60 Å². The molecule has 0 atom stereocenters. The summed E-state index contributed by atoms with van der Waals surface area (Å²) < 4.78 is 24.5. The van der Waals surface area contributed by atoms with Gasteiger partial charge in [0.25, 0.3) is 0 Å². The van der Waals surface area contributed by atoms with E-state index in [1.165, 1.54) is 27.6 Å². The molecular weight excluding hydrogens is 544 g/mol. The molecule has 5 aromatic rings. The fourth-order valence-corrected chi connectivity index (χ4v) is 6.45. The molecule has 0 aliphatic carbocycles. The number of ether oxygens (including phenoxy) is 4. The number of methoxy groups -OCH3 is 2. The average molecular weight is 581 g/mol. The number of fused-ring (bicyclic) bond motifs is 4. The summed E-state index contributed by atoms with van der Waals surface area (Å²) in [5.74, 6) is 3.38. The third kappa shape index (κ3) is 4.71. The van der Waals surface area contributed by atoms with E-state index in [-0.39, 0.29) is 0 Å². The first-order valence-electron chi connectivity index (χ1n) is 15.3. The fourth-order valence-electron chi connectivity index (χ4n) is 6.45. The van der Waals surface area contributed by atoms with Crippen LogP contribution in [0.2, 0.25) is 0 Å². The second-order valence-corrected chi connectivity index (χ2v) is 11.3. The molecule has 220 valence electrons. The average Bonchev–Trinajstić information content (AvgIpc) is 3.55. The minimum atomic E-state index is -0.878. The van der Waals surface area contributed by atoms with Gasteiger partial charge in [-0.25, -0.2) is 0 Å². The summed E-state index contributed by atoms with van der Waals surface area (Å²) in [4.78, 5) is 0. The van der Waals surface area contributed by atoms with Crippen LogP contribution in [0.5, 0.6) is 23.0 Å². The zero-order valence-electron chi connectivity index (χ0n) is 25.4. The Morgan fingerprint density at radius 1 is 0.818 bits per heavy atom. The molecule has 0 bridgehead atoms. The lowest BCUT2D eigenvalue weighted by Gasteiger charge is -2.37. The number of hydrogen-bond acceptors (Lipinski definition) is 4. The normalized spacial score (nSPS) is 14.6. The van der Waals surface area contributed by atoms with Crippen molar-refractivity contribution in [3.8, 4) is 34.1 Å². The molecule has 2 heterocycles. The van der Waals surface area contributed by atoms with E-state index >= 15 is 0 Å². The third-order valence-corrected chi connectivity index (χ3v) is 8.74. The number of unbranched alkanes of at least 4 members (excludes halogenated alkanes) is 1. The van der Waals surface area contributed by atoms with Crippen molar-refractivity contribution < 1.29 is 18.9 Å². The van der Waals surface area contributed by atoms with Gasteiger partial charge in [-0.2, -0.15) is 0 Å². The predicted octanol–water partition coefficient (Wildman–Crippen LogP) is 9.62. The molecule has 4 nitrogen and oxygen atoms in total. The van der Waals surface area contributed by atoms with Crippen molar-refractivity contribution in [1.82, 2.24) is 0 Å². The zero-order valence-corrected chi connectivity index (χ0v) is 25.4. The first-order valence-corrected chi connectivity index (χ1v) is 15.3. The molecule has 7 rings (SSSR count). The molecule has 5 aromatic carbocycles. The Balaban J connectivity index is 1.54. The largest absolute Gasteiger partial charge is 0.497 e. The molecule has 44 heavy (non-hydrogen) atoms. The van der Waals surface area contributed by atoms with Crippen molar-refractivity contribution >= 4 is 22.9 Å². The topological polar surface area (TPSA) is 36.9 Å². The van der Waals surface area contributed by atoms with Gasteiger partial charge in [0.1, 0.15) is 23.0 Å². The Hall–Kier alpha value is -4.96. The van der Waals surface area contributed by atoms with Crippen LogP contribution in [0.1, 0.15) is 47.6 Å². The van der Waals surface area contributed by atoms with E-state index in [1.807, 2.05) is 24.3 Å². The SMILES string of the molecule is CCC/C=C/c1c2c(c3cc4c(cc3c1-c1ccccc1)CCO4)OC(c1ccc(OC)cc1)(c1ccc(OC)cc1)C=C2. The van der Waals surface area contributed by atoms with Crippen LogP contribution in [-0.2, 0) is 12.0 Å². The van der Waals surface area contributed by atoms with Crippen molar-refractivity contribution in [3.63, 3.8) is 0 Å². The van der Waals surface area contributed by atoms with Crippen molar-refractivity contribution in [2.75, 3.05) is 20.8 Å². The van der Waals surface area contributed by atoms with Crippen LogP contribution in [0.3, 0.4) is 0 Å². The highest BCUT2D eigenvalue weighted by Gasteiger charge is 2.39. The number of benzene rings is 5. The predicted molar refractivity (Wildman–Crippen MR) is 179 cm³/mol. The fraction of sp³-hybridized carbons (Fsp3) is 0.200. The van der Waals surface area contributed by atoms with Gasteiger partial charge in [-0.05, 0) is 82.6 Å². The molecule has 4 heteroatoms. The Morgan fingerprint density at radius 2 is 1.50 bits per heavy atom. The summed E-state index contributed by atoms with van der Waals surface area (Å²) in [6, 6.07) is 31.5. The second kappa shape index (κ2) is 11.6. The van der Waals surface area contributed by atoms with Crippen LogP contribution in [0.4, 0.5) is 0 Å². The lowest BCUT2D eigenvalue weighted by molar-refractivity contribution is 0.163. The van der Waals surface area contributed by atoms with Crippen LogP contribution < -0.4 is 18.9 Å². The van der Waals surface area contributed by atoms with Crippen molar-refractivity contribution in [1.29, 1.82) is 0 Å². The van der Waals surface area contributed by atoms with Gasteiger partial charge in [0.2, 0.25) is 0 Å². The molecule has 0 saturated carbocycles. The Bertz CT molecular complexity index is 1820. The van der Waals surface area contributed by atoms with Gasteiger partial charge < -0.3 is 18.9 Å². The van der Waals surface area contributed by atoms with E-state index in [9.17, 15) is 0 Å². The highest BCUT2D eigenvalue weighted by atomic mass is 16.5. The van der Waals surface area contributed by atoms with E-state index in [0.717, 1.165) is 64.3 Å². The van der Waals surface area contributed by atoms with E-state index in [2.05, 4.69) is 98.0 Å². The maximum atomic E-state index is 7.39. The van der Waals surface area contributed by atoms with Crippen LogP contribution in [0.15, 0.2) is 103 Å². The van der Waals surface area contributed by atoms with Gasteiger partial charge >= 0.3 is 0 Å². The van der Waals surface area contributed by atoms with Crippen molar-refractivity contribution in [2.45, 2.75) is 31.8 Å². The minimum Gasteiger partial charge on any atom is -0.497 e. The molecule has 2 aliphatic heterocycles. The van der Waals surface area contributed by atoms with Crippen LogP contribution >= 0.6 is 0 Å². The lowest BCUT2D eigenvalue weighted by atomic mass is 9.81. The Morgan fingerprint density at radius 3 is 2.14 bits per heavy atom. The molecule has 0 amide bonds. The molecule has 0 aromatic heterocycles. The van der Waals surface area contributed by atoms with Crippen LogP contribution in [0, 0.1) is 0 Å². The highest BCUT2D eigenvalue weighted by molar-refractivity contribution is 6.08. The summed E-state index contributed by atoms with van der Waals surface area (Å²) in [6.45, 7) is 2.91. The molecule has 0 spiro atoms. The standard InChI is InChI=1S/C40H36O4/c1-4-5-7-12-33-34-21-23-40(29-13-17-31(41-2)18-14-29,30-15-19-32(42-3)20-16-30)44-39(34)36-26-37-28(22-24-43-37)25-35(36)38(33)27-10-8-6-9-11-27/h6-21,23,25-26H,4-5,22,24H2,1-3H3/b12-7+. The van der Waals surface area contributed by atoms with Gasteiger partial charge in [-0.15, -0.1) is 0 Å². The second-order valence-electron chi connectivity index (χ2n) is 11.3. The summed E-state index contributed by atoms with van der Waals surface area (Å²) >= 11 is 0. The van der Waals surface area contributed by atoms with E-state index in [1.54, 1.807) is 14.2 Å². The van der Waals surface area contributed by atoms with E-state index in [4.69, 9.17) is 18.9 Å². The monoisotopic (exact) mass is 580 g/mol. The summed E-state index contributed by atoms with van der Waals surface area (Å²) in [6.07, 6.45) is 12.0. The van der Waals surface area contributed by atoms with Gasteiger partial charge in [0, 0.05) is 28.5 Å². The first kappa shape index (κ1) is 27.8. The van der Waals surface area contributed by atoms with Crippen LogP contribution in [-0.4, -0.2) is 20.8 Å². The first-order chi connectivity index (χ1) is 21.6. The third-order valence-electron chi connectivity index (χ3n) is 8.74. The molecule has 0 N–H and O–H groups in total. The number of rotatable bonds is 8. The maximum absolute atomic E-state index is 7.39. The maximum Gasteiger partial charge on any atom is 0.178 e. The minimum absolute atomic E-state index is 0.695. The molecule has 2 aliphatic rings. The summed E-state index contributed by atoms with van der Waals surface area (Å²) in [5, 5.41) is 2.21. The summed E-state index contributed by atoms with van der Waals surface area (Å²) in [5.41, 5.74) is 7.01. The molecule has 0 radical (unpaired) electrons. The van der Waals surface area contributed by atoms with Crippen LogP contribution in [0.25, 0.3) is 34.1 Å². The molecule has 0 fully saturated rings. The Kier molecular flexibility index (Phi) is 7.35. The van der Waals surface area contributed by atoms with Gasteiger partial charge in [0.05, 0.1) is 20.8 Å². The quantitative estimate of drug-likeness (QED) is 0.183. The smallest absolute Gasteiger partial charge is 0.178 e. The molecule has 0 unspecified atom stereocenters. The van der Waals surface area contributed by atoms with Gasteiger partial charge in [-0.1, -0.05) is 80.1 Å². The molecular formula is C40H36O4.